The molecule has 0 spiro atoms. The second kappa shape index (κ2) is 7.43. The summed E-state index contributed by atoms with van der Waals surface area (Å²) in [5.74, 6) is -0.0580. The zero-order chi connectivity index (χ0) is 18.5. The molecular formula is C17H17N7O2. The second-order valence-corrected chi connectivity index (χ2v) is 5.39. The molecule has 3 N–H and O–H groups in total. The zero-order valence-electron chi connectivity index (χ0n) is 14.1. The second-order valence-electron chi connectivity index (χ2n) is 5.39. The standard InChI is InChI=1S/C17H17N7O2/c1-3-9-19-17(26)21-13-6-4-12(5-7-13)20-15(25)14-22-16-18-10-8-11(2)24(16)23-14/h3-8,10H,1,9H2,2H3,(H,20,25)(H2,19,21,26). The van der Waals surface area contributed by atoms with E-state index in [1.807, 2.05) is 6.92 Å². The van der Waals surface area contributed by atoms with Gasteiger partial charge in [-0.1, -0.05) is 6.08 Å². The average molecular weight is 351 g/mol. The zero-order valence-corrected chi connectivity index (χ0v) is 14.1. The van der Waals surface area contributed by atoms with Crippen molar-refractivity contribution < 1.29 is 9.59 Å². The molecule has 1 aromatic carbocycles. The van der Waals surface area contributed by atoms with Crippen LogP contribution in [-0.4, -0.2) is 38.1 Å². The maximum Gasteiger partial charge on any atom is 0.319 e. The number of nitrogens with zero attached hydrogens (tertiary/aromatic N) is 4. The third kappa shape index (κ3) is 3.83. The Morgan fingerprint density at radius 3 is 2.50 bits per heavy atom. The van der Waals surface area contributed by atoms with Gasteiger partial charge in [0.1, 0.15) is 0 Å². The fourth-order valence-electron chi connectivity index (χ4n) is 2.17. The first-order valence-electron chi connectivity index (χ1n) is 7.82. The summed E-state index contributed by atoms with van der Waals surface area (Å²) in [6.45, 7) is 5.75. The Labute approximate surface area is 149 Å². The minimum atomic E-state index is -0.445. The number of fused-ring (bicyclic) bond motifs is 1. The third-order valence-electron chi connectivity index (χ3n) is 3.44. The molecule has 0 unspecified atom stereocenters. The van der Waals surface area contributed by atoms with Crippen LogP contribution in [0.3, 0.4) is 0 Å². The molecule has 0 atom stereocenters. The van der Waals surface area contributed by atoms with Crippen LogP contribution in [-0.2, 0) is 0 Å². The van der Waals surface area contributed by atoms with Gasteiger partial charge in [-0.05, 0) is 37.3 Å². The molecular weight excluding hydrogens is 334 g/mol. The van der Waals surface area contributed by atoms with E-state index in [2.05, 4.69) is 37.6 Å². The molecule has 0 radical (unpaired) electrons. The molecule has 0 saturated heterocycles. The normalized spacial score (nSPS) is 10.3. The van der Waals surface area contributed by atoms with Gasteiger partial charge in [0.2, 0.25) is 5.82 Å². The monoisotopic (exact) mass is 351 g/mol. The van der Waals surface area contributed by atoms with Crippen LogP contribution in [0.4, 0.5) is 16.2 Å². The third-order valence-corrected chi connectivity index (χ3v) is 3.44. The Hall–Kier alpha value is -3.75. The van der Waals surface area contributed by atoms with E-state index in [9.17, 15) is 9.59 Å². The lowest BCUT2D eigenvalue weighted by Gasteiger charge is -2.07. The summed E-state index contributed by atoms with van der Waals surface area (Å²) in [6, 6.07) is 8.12. The van der Waals surface area contributed by atoms with E-state index >= 15 is 0 Å². The number of carbonyl (C=O) groups excluding carboxylic acids is 2. The highest BCUT2D eigenvalue weighted by Crippen LogP contribution is 2.14. The molecule has 3 aromatic rings. The lowest BCUT2D eigenvalue weighted by Crippen LogP contribution is -2.28. The summed E-state index contributed by atoms with van der Waals surface area (Å²) < 4.78 is 1.50. The minimum absolute atomic E-state index is 0.0257. The molecule has 132 valence electrons. The number of anilines is 2. The number of hydrogen-bond donors (Lipinski definition) is 3. The first kappa shape index (κ1) is 17.1. The summed E-state index contributed by atoms with van der Waals surface area (Å²) in [6.07, 6.45) is 3.19. The number of aryl methyl sites for hydroxylation is 1. The largest absolute Gasteiger partial charge is 0.334 e. The quantitative estimate of drug-likeness (QED) is 0.608. The van der Waals surface area contributed by atoms with E-state index in [4.69, 9.17) is 0 Å². The Bertz CT molecular complexity index is 963. The summed E-state index contributed by atoms with van der Waals surface area (Å²) in [7, 11) is 0. The Morgan fingerprint density at radius 1 is 1.15 bits per heavy atom. The van der Waals surface area contributed by atoms with Crippen molar-refractivity contribution >= 4 is 29.1 Å². The van der Waals surface area contributed by atoms with Gasteiger partial charge in [0, 0.05) is 29.8 Å². The van der Waals surface area contributed by atoms with Gasteiger partial charge in [-0.25, -0.2) is 14.3 Å². The lowest BCUT2D eigenvalue weighted by molar-refractivity contribution is 0.101. The van der Waals surface area contributed by atoms with Crippen molar-refractivity contribution in [1.29, 1.82) is 0 Å². The Kier molecular flexibility index (Phi) is 4.88. The molecule has 9 heteroatoms. The number of aromatic nitrogens is 4. The van der Waals surface area contributed by atoms with Gasteiger partial charge >= 0.3 is 6.03 Å². The van der Waals surface area contributed by atoms with Crippen molar-refractivity contribution in [3.63, 3.8) is 0 Å². The number of nitrogens with one attached hydrogen (secondary N) is 3. The van der Waals surface area contributed by atoms with E-state index in [-0.39, 0.29) is 11.9 Å². The predicted octanol–water partition coefficient (Wildman–Crippen LogP) is 1.99. The van der Waals surface area contributed by atoms with Crippen LogP contribution in [0, 0.1) is 6.92 Å². The van der Waals surface area contributed by atoms with E-state index < -0.39 is 5.91 Å². The number of urea groups is 1. The molecule has 0 fully saturated rings. The molecule has 2 heterocycles. The highest BCUT2D eigenvalue weighted by molar-refractivity contribution is 6.02. The van der Waals surface area contributed by atoms with Gasteiger partial charge in [-0.2, -0.15) is 4.98 Å². The van der Waals surface area contributed by atoms with Crippen LogP contribution < -0.4 is 16.0 Å². The molecule has 0 saturated carbocycles. The fourth-order valence-corrected chi connectivity index (χ4v) is 2.17. The number of rotatable bonds is 5. The van der Waals surface area contributed by atoms with Crippen molar-refractivity contribution in [3.05, 3.63) is 60.7 Å². The molecule has 26 heavy (non-hydrogen) atoms. The van der Waals surface area contributed by atoms with Crippen molar-refractivity contribution in [2.24, 2.45) is 0 Å². The fraction of sp³-hybridized carbons (Fsp3) is 0.118. The molecule has 0 aliphatic heterocycles. The van der Waals surface area contributed by atoms with E-state index in [1.165, 1.54) is 4.52 Å². The summed E-state index contributed by atoms with van der Waals surface area (Å²) in [5, 5.41) is 12.1. The Morgan fingerprint density at radius 2 is 1.85 bits per heavy atom. The number of amides is 3. The summed E-state index contributed by atoms with van der Waals surface area (Å²) >= 11 is 0. The average Bonchev–Trinajstić information content (AvgIpc) is 3.07. The van der Waals surface area contributed by atoms with Crippen LogP contribution in [0.15, 0.2) is 49.2 Å². The molecule has 3 amide bonds. The summed E-state index contributed by atoms with van der Waals surface area (Å²) in [5.41, 5.74) is 1.97. The molecule has 0 aliphatic rings. The van der Waals surface area contributed by atoms with Gasteiger partial charge in [-0.3, -0.25) is 4.79 Å². The highest BCUT2D eigenvalue weighted by atomic mass is 16.2. The number of hydrogen-bond acceptors (Lipinski definition) is 5. The van der Waals surface area contributed by atoms with Gasteiger partial charge < -0.3 is 16.0 Å². The van der Waals surface area contributed by atoms with Crippen LogP contribution in [0.5, 0.6) is 0 Å². The molecule has 2 aromatic heterocycles. The molecule has 3 rings (SSSR count). The minimum Gasteiger partial charge on any atom is -0.334 e. The van der Waals surface area contributed by atoms with Crippen molar-refractivity contribution in [1.82, 2.24) is 24.9 Å². The molecule has 0 bridgehead atoms. The lowest BCUT2D eigenvalue weighted by atomic mass is 10.3. The van der Waals surface area contributed by atoms with Crippen LogP contribution in [0.2, 0.25) is 0 Å². The van der Waals surface area contributed by atoms with Crippen LogP contribution >= 0.6 is 0 Å². The maximum absolute atomic E-state index is 12.3. The Balaban J connectivity index is 1.66. The van der Waals surface area contributed by atoms with Crippen molar-refractivity contribution in [2.45, 2.75) is 6.92 Å². The van der Waals surface area contributed by atoms with Crippen LogP contribution in [0.1, 0.15) is 16.3 Å². The number of benzene rings is 1. The molecule has 9 nitrogen and oxygen atoms in total. The van der Waals surface area contributed by atoms with Crippen LogP contribution in [0.25, 0.3) is 5.78 Å². The van der Waals surface area contributed by atoms with E-state index in [0.717, 1.165) is 5.69 Å². The summed E-state index contributed by atoms with van der Waals surface area (Å²) in [4.78, 5) is 32.1. The highest BCUT2D eigenvalue weighted by Gasteiger charge is 2.14. The van der Waals surface area contributed by atoms with Crippen molar-refractivity contribution in [3.8, 4) is 0 Å². The van der Waals surface area contributed by atoms with Gasteiger partial charge in [0.25, 0.3) is 11.7 Å². The van der Waals surface area contributed by atoms with Gasteiger partial charge in [-0.15, -0.1) is 11.7 Å². The number of carbonyl (C=O) groups is 2. The smallest absolute Gasteiger partial charge is 0.319 e. The first-order valence-corrected chi connectivity index (χ1v) is 7.82. The topological polar surface area (TPSA) is 113 Å². The van der Waals surface area contributed by atoms with E-state index in [1.54, 1.807) is 42.6 Å². The van der Waals surface area contributed by atoms with E-state index in [0.29, 0.717) is 23.7 Å². The maximum atomic E-state index is 12.3. The SMILES string of the molecule is C=CCNC(=O)Nc1ccc(NC(=O)c2nc3nccc(C)n3n2)cc1. The predicted molar refractivity (Wildman–Crippen MR) is 97.1 cm³/mol. The van der Waals surface area contributed by atoms with Gasteiger partial charge in [0.05, 0.1) is 0 Å². The molecule has 0 aliphatic carbocycles. The van der Waals surface area contributed by atoms with Gasteiger partial charge in [0.15, 0.2) is 0 Å². The van der Waals surface area contributed by atoms with Crippen molar-refractivity contribution in [2.75, 3.05) is 17.2 Å². The first-order chi connectivity index (χ1) is 12.6.